The second kappa shape index (κ2) is 3.50. The third-order valence-electron chi connectivity index (χ3n) is 2.69. The molecule has 1 aliphatic rings. The predicted octanol–water partition coefficient (Wildman–Crippen LogP) is 1.21. The normalized spacial score (nSPS) is 17.4. The average Bonchev–Trinajstić information content (AvgIpc) is 2.60. The van der Waals surface area contributed by atoms with Crippen LogP contribution in [0.5, 0.6) is 0 Å². The average molecular weight is 180 g/mol. The lowest BCUT2D eigenvalue weighted by Crippen LogP contribution is -2.02. The Labute approximate surface area is 78.2 Å². The quantitative estimate of drug-likeness (QED) is 0.734. The Kier molecular flexibility index (Phi) is 2.36. The molecule has 1 atom stereocenters. The van der Waals surface area contributed by atoms with Crippen LogP contribution in [0.1, 0.15) is 36.7 Å². The largest absolute Gasteiger partial charge is 0.393 e. The molecule has 1 unspecified atom stereocenters. The predicted molar refractivity (Wildman–Crippen MR) is 50.6 cm³/mol. The summed E-state index contributed by atoms with van der Waals surface area (Å²) in [6.07, 6.45) is 5.08. The van der Waals surface area contributed by atoms with E-state index in [-0.39, 0.29) is 6.10 Å². The Morgan fingerprint density at radius 2 is 2.38 bits per heavy atom. The second-order valence-electron chi connectivity index (χ2n) is 3.87. The van der Waals surface area contributed by atoms with Crippen molar-refractivity contribution in [1.29, 1.82) is 0 Å². The number of aromatic nitrogens is 2. The lowest BCUT2D eigenvalue weighted by atomic mass is 10.1. The number of H-pyrrole nitrogens is 1. The van der Waals surface area contributed by atoms with Crippen molar-refractivity contribution in [2.24, 2.45) is 0 Å². The van der Waals surface area contributed by atoms with Crippen LogP contribution >= 0.6 is 0 Å². The summed E-state index contributed by atoms with van der Waals surface area (Å²) < 4.78 is 0. The van der Waals surface area contributed by atoms with Gasteiger partial charge in [0.15, 0.2) is 0 Å². The Morgan fingerprint density at radius 1 is 1.54 bits per heavy atom. The maximum atomic E-state index is 9.16. The van der Waals surface area contributed by atoms with E-state index in [9.17, 15) is 0 Å². The van der Waals surface area contributed by atoms with E-state index >= 15 is 0 Å². The molecule has 3 nitrogen and oxygen atoms in total. The number of aryl methyl sites for hydroxylation is 2. The van der Waals surface area contributed by atoms with E-state index in [1.165, 1.54) is 29.8 Å². The summed E-state index contributed by atoms with van der Waals surface area (Å²) in [4.78, 5) is 0. The first kappa shape index (κ1) is 8.75. The van der Waals surface area contributed by atoms with Crippen molar-refractivity contribution in [2.45, 2.75) is 45.1 Å². The SMILES string of the molecule is CC(O)CCc1n[nH]c2c1CCC2. The van der Waals surface area contributed by atoms with Crippen molar-refractivity contribution in [3.63, 3.8) is 0 Å². The summed E-state index contributed by atoms with van der Waals surface area (Å²) in [5.74, 6) is 0. The number of aliphatic hydroxyl groups excluding tert-OH is 1. The fourth-order valence-corrected chi connectivity index (χ4v) is 1.94. The number of hydrogen-bond donors (Lipinski definition) is 2. The maximum Gasteiger partial charge on any atom is 0.0657 e. The fourth-order valence-electron chi connectivity index (χ4n) is 1.94. The van der Waals surface area contributed by atoms with Gasteiger partial charge in [-0.05, 0) is 44.6 Å². The summed E-state index contributed by atoms with van der Waals surface area (Å²) in [6, 6.07) is 0. The lowest BCUT2D eigenvalue weighted by molar-refractivity contribution is 0.184. The van der Waals surface area contributed by atoms with E-state index in [2.05, 4.69) is 10.2 Å². The first-order valence-electron chi connectivity index (χ1n) is 5.00. The highest BCUT2D eigenvalue weighted by Gasteiger charge is 2.17. The molecular weight excluding hydrogens is 164 g/mol. The van der Waals surface area contributed by atoms with Crippen molar-refractivity contribution in [3.8, 4) is 0 Å². The number of aliphatic hydroxyl groups is 1. The Bertz CT molecular complexity index is 291. The molecule has 1 heterocycles. The molecule has 2 N–H and O–H groups in total. The van der Waals surface area contributed by atoms with Gasteiger partial charge in [-0.15, -0.1) is 0 Å². The smallest absolute Gasteiger partial charge is 0.0657 e. The van der Waals surface area contributed by atoms with Crippen LogP contribution in [-0.2, 0) is 19.3 Å². The molecule has 0 fully saturated rings. The van der Waals surface area contributed by atoms with Crippen molar-refractivity contribution in [2.75, 3.05) is 0 Å². The molecule has 0 spiro atoms. The van der Waals surface area contributed by atoms with Gasteiger partial charge in [0.1, 0.15) is 0 Å². The molecular formula is C10H16N2O. The molecule has 72 valence electrons. The van der Waals surface area contributed by atoms with Gasteiger partial charge in [0.2, 0.25) is 0 Å². The zero-order chi connectivity index (χ0) is 9.26. The highest BCUT2D eigenvalue weighted by atomic mass is 16.3. The van der Waals surface area contributed by atoms with Crippen LogP contribution in [-0.4, -0.2) is 21.4 Å². The summed E-state index contributed by atoms with van der Waals surface area (Å²) in [7, 11) is 0. The van der Waals surface area contributed by atoms with Crippen LogP contribution in [0.15, 0.2) is 0 Å². The van der Waals surface area contributed by atoms with E-state index in [0.29, 0.717) is 0 Å². The van der Waals surface area contributed by atoms with Gasteiger partial charge in [-0.2, -0.15) is 5.10 Å². The van der Waals surface area contributed by atoms with Crippen molar-refractivity contribution < 1.29 is 5.11 Å². The van der Waals surface area contributed by atoms with Gasteiger partial charge in [-0.1, -0.05) is 0 Å². The van der Waals surface area contributed by atoms with Crippen molar-refractivity contribution in [3.05, 3.63) is 17.0 Å². The molecule has 0 saturated carbocycles. The van der Waals surface area contributed by atoms with Gasteiger partial charge in [0.25, 0.3) is 0 Å². The van der Waals surface area contributed by atoms with Crippen LogP contribution in [0.2, 0.25) is 0 Å². The van der Waals surface area contributed by atoms with E-state index in [1.54, 1.807) is 0 Å². The summed E-state index contributed by atoms with van der Waals surface area (Å²) >= 11 is 0. The van der Waals surface area contributed by atoms with Gasteiger partial charge in [-0.3, -0.25) is 5.10 Å². The molecule has 3 heteroatoms. The molecule has 1 aliphatic carbocycles. The highest BCUT2D eigenvalue weighted by molar-refractivity contribution is 5.29. The molecule has 1 aromatic heterocycles. The van der Waals surface area contributed by atoms with Crippen molar-refractivity contribution >= 4 is 0 Å². The molecule has 0 amide bonds. The van der Waals surface area contributed by atoms with E-state index in [1.807, 2.05) is 6.92 Å². The molecule has 2 rings (SSSR count). The van der Waals surface area contributed by atoms with Crippen LogP contribution in [0.25, 0.3) is 0 Å². The first-order chi connectivity index (χ1) is 6.27. The van der Waals surface area contributed by atoms with E-state index in [4.69, 9.17) is 5.11 Å². The van der Waals surface area contributed by atoms with Gasteiger partial charge < -0.3 is 5.11 Å². The van der Waals surface area contributed by atoms with Crippen LogP contribution in [0.3, 0.4) is 0 Å². The lowest BCUT2D eigenvalue weighted by Gasteiger charge is -2.02. The zero-order valence-corrected chi connectivity index (χ0v) is 8.01. The number of aromatic amines is 1. The Morgan fingerprint density at radius 3 is 3.15 bits per heavy atom. The summed E-state index contributed by atoms with van der Waals surface area (Å²) in [5, 5.41) is 16.5. The number of nitrogens with one attached hydrogen (secondary N) is 1. The van der Waals surface area contributed by atoms with E-state index < -0.39 is 0 Å². The van der Waals surface area contributed by atoms with Crippen LogP contribution in [0.4, 0.5) is 0 Å². The minimum atomic E-state index is -0.214. The van der Waals surface area contributed by atoms with Crippen molar-refractivity contribution in [1.82, 2.24) is 10.2 Å². The van der Waals surface area contributed by atoms with E-state index in [0.717, 1.165) is 19.3 Å². The molecule has 0 aliphatic heterocycles. The topological polar surface area (TPSA) is 48.9 Å². The number of rotatable bonds is 3. The van der Waals surface area contributed by atoms with Crippen LogP contribution < -0.4 is 0 Å². The van der Waals surface area contributed by atoms with Gasteiger partial charge >= 0.3 is 0 Å². The number of fused-ring (bicyclic) bond motifs is 1. The fraction of sp³-hybridized carbons (Fsp3) is 0.700. The second-order valence-corrected chi connectivity index (χ2v) is 3.87. The third kappa shape index (κ3) is 1.75. The molecule has 0 saturated heterocycles. The standard InChI is InChI=1S/C10H16N2O/c1-7(13)5-6-10-8-3-2-4-9(8)11-12-10/h7,13H,2-6H2,1H3,(H,11,12). The maximum absolute atomic E-state index is 9.16. The monoisotopic (exact) mass is 180 g/mol. The molecule has 0 aromatic carbocycles. The summed E-state index contributed by atoms with van der Waals surface area (Å²) in [5.41, 5.74) is 3.91. The van der Waals surface area contributed by atoms with Gasteiger partial charge in [0.05, 0.1) is 11.8 Å². The minimum Gasteiger partial charge on any atom is -0.393 e. The highest BCUT2D eigenvalue weighted by Crippen LogP contribution is 2.23. The first-order valence-corrected chi connectivity index (χ1v) is 5.00. The molecule has 13 heavy (non-hydrogen) atoms. The Hall–Kier alpha value is -0.830. The number of hydrogen-bond acceptors (Lipinski definition) is 2. The number of nitrogens with zero attached hydrogens (tertiary/aromatic N) is 1. The molecule has 1 aromatic rings. The van der Waals surface area contributed by atoms with Crippen LogP contribution in [0, 0.1) is 0 Å². The zero-order valence-electron chi connectivity index (χ0n) is 8.01. The molecule has 0 bridgehead atoms. The van der Waals surface area contributed by atoms with Gasteiger partial charge in [0, 0.05) is 5.69 Å². The van der Waals surface area contributed by atoms with Gasteiger partial charge in [-0.25, -0.2) is 0 Å². The summed E-state index contributed by atoms with van der Waals surface area (Å²) in [6.45, 7) is 1.83. The molecule has 0 radical (unpaired) electrons. The Balaban J connectivity index is 2.04. The third-order valence-corrected chi connectivity index (χ3v) is 2.69. The minimum absolute atomic E-state index is 0.214.